The average Bonchev–Trinajstić information content (AvgIpc) is 2.66. The number of rotatable bonds is 7. The molecular weight excluding hydrogens is 350 g/mol. The molecule has 0 aromatic heterocycles. The number of ether oxygens (including phenoxy) is 1. The van der Waals surface area contributed by atoms with Crippen molar-refractivity contribution in [2.75, 3.05) is 11.9 Å². The number of carbonyl (C=O) groups is 2. The predicted molar refractivity (Wildman–Crippen MR) is 103 cm³/mol. The van der Waals surface area contributed by atoms with Crippen molar-refractivity contribution in [3.05, 3.63) is 59.7 Å². The molecule has 5 nitrogen and oxygen atoms in total. The maximum atomic E-state index is 12.3. The summed E-state index contributed by atoms with van der Waals surface area (Å²) < 4.78 is 17.1. The molecule has 2 rings (SSSR count). The lowest BCUT2D eigenvalue weighted by Gasteiger charge is -2.08. The monoisotopic (exact) mass is 373 g/mol. The molecule has 0 bridgehead atoms. The van der Waals surface area contributed by atoms with E-state index in [4.69, 9.17) is 4.74 Å². The summed E-state index contributed by atoms with van der Waals surface area (Å²) in [4.78, 5) is 24.8. The van der Waals surface area contributed by atoms with Gasteiger partial charge in [-0.25, -0.2) is 4.79 Å². The molecule has 0 radical (unpaired) electrons. The molecule has 0 saturated heterocycles. The maximum absolute atomic E-state index is 12.3. The van der Waals surface area contributed by atoms with Crippen molar-refractivity contribution in [3.8, 4) is 0 Å². The third-order valence-corrected chi connectivity index (χ3v) is 5.19. The summed E-state index contributed by atoms with van der Waals surface area (Å²) in [5.74, 6) is -0.647. The molecule has 2 aromatic carbocycles. The van der Waals surface area contributed by atoms with Crippen molar-refractivity contribution >= 4 is 28.4 Å². The van der Waals surface area contributed by atoms with E-state index in [0.717, 1.165) is 6.42 Å². The molecule has 1 N–H and O–H groups in total. The highest BCUT2D eigenvalue weighted by molar-refractivity contribution is 7.85. The molecule has 0 spiro atoms. The van der Waals surface area contributed by atoms with Crippen molar-refractivity contribution in [1.29, 1.82) is 0 Å². The first-order valence-corrected chi connectivity index (χ1v) is 9.73. The summed E-state index contributed by atoms with van der Waals surface area (Å²) in [6.45, 7) is 6.09. The molecule has 0 fully saturated rings. The fraction of sp³-hybridized carbons (Fsp3) is 0.300. The van der Waals surface area contributed by atoms with Crippen LogP contribution in [0.2, 0.25) is 0 Å². The molecule has 0 aliphatic heterocycles. The van der Waals surface area contributed by atoms with Crippen molar-refractivity contribution < 1.29 is 18.5 Å². The van der Waals surface area contributed by atoms with E-state index >= 15 is 0 Å². The van der Waals surface area contributed by atoms with Gasteiger partial charge in [0.15, 0.2) is 0 Å². The van der Waals surface area contributed by atoms with Crippen LogP contribution in [0.1, 0.15) is 47.9 Å². The predicted octanol–water partition coefficient (Wildman–Crippen LogP) is 4.02. The smallest absolute Gasteiger partial charge is 0.338 e. The first-order valence-electron chi connectivity index (χ1n) is 8.51. The molecule has 1 atom stereocenters. The van der Waals surface area contributed by atoms with Gasteiger partial charge in [0.2, 0.25) is 0 Å². The number of nitrogens with one attached hydrogen (secondary N) is 1. The van der Waals surface area contributed by atoms with Gasteiger partial charge < -0.3 is 10.1 Å². The fourth-order valence-corrected chi connectivity index (χ4v) is 3.13. The lowest BCUT2D eigenvalue weighted by atomic mass is 10.2. The third kappa shape index (κ3) is 5.26. The van der Waals surface area contributed by atoms with Gasteiger partial charge in [0, 0.05) is 21.4 Å². The number of hydrogen-bond acceptors (Lipinski definition) is 4. The van der Waals surface area contributed by atoms with Crippen molar-refractivity contribution in [1.82, 2.24) is 0 Å². The molecule has 2 aromatic rings. The lowest BCUT2D eigenvalue weighted by Crippen LogP contribution is -2.13. The fourth-order valence-electron chi connectivity index (χ4n) is 2.18. The third-order valence-electron chi connectivity index (χ3n) is 3.59. The SMILES string of the molecule is CCCOC(=O)c1ccc(NC(=O)c2ccc([S@@](=O)C(C)C)cc2)cc1. The summed E-state index contributed by atoms with van der Waals surface area (Å²) in [5.41, 5.74) is 1.50. The Bertz CT molecular complexity index is 782. The minimum Gasteiger partial charge on any atom is -0.462 e. The number of hydrogen-bond donors (Lipinski definition) is 1. The zero-order valence-corrected chi connectivity index (χ0v) is 16.0. The number of anilines is 1. The Morgan fingerprint density at radius 3 is 2.12 bits per heavy atom. The van der Waals surface area contributed by atoms with Gasteiger partial charge in [-0.15, -0.1) is 0 Å². The van der Waals surface area contributed by atoms with Gasteiger partial charge in [0.05, 0.1) is 23.0 Å². The molecule has 0 saturated carbocycles. The second-order valence-corrected chi connectivity index (χ2v) is 8.05. The van der Waals surface area contributed by atoms with E-state index in [0.29, 0.717) is 28.3 Å². The Morgan fingerprint density at radius 2 is 1.58 bits per heavy atom. The summed E-state index contributed by atoms with van der Waals surface area (Å²) in [5, 5.41) is 2.80. The van der Waals surface area contributed by atoms with E-state index in [1.807, 2.05) is 20.8 Å². The molecule has 0 heterocycles. The Kier molecular flexibility index (Phi) is 7.09. The van der Waals surface area contributed by atoms with Gasteiger partial charge in [-0.2, -0.15) is 0 Å². The van der Waals surface area contributed by atoms with E-state index in [1.165, 1.54) is 0 Å². The summed E-state index contributed by atoms with van der Waals surface area (Å²) in [6.07, 6.45) is 0.767. The Labute approximate surface area is 156 Å². The van der Waals surface area contributed by atoms with Crippen LogP contribution >= 0.6 is 0 Å². The summed E-state index contributed by atoms with van der Waals surface area (Å²) in [7, 11) is -1.08. The van der Waals surface area contributed by atoms with Gasteiger partial charge in [-0.1, -0.05) is 20.8 Å². The molecular formula is C20H23NO4S. The zero-order valence-electron chi connectivity index (χ0n) is 15.2. The van der Waals surface area contributed by atoms with Crippen molar-refractivity contribution in [2.24, 2.45) is 0 Å². The van der Waals surface area contributed by atoms with Crippen LogP contribution in [-0.2, 0) is 15.5 Å². The van der Waals surface area contributed by atoms with Crippen molar-refractivity contribution in [3.63, 3.8) is 0 Å². The van der Waals surface area contributed by atoms with Gasteiger partial charge in [-0.3, -0.25) is 9.00 Å². The van der Waals surface area contributed by atoms with E-state index in [-0.39, 0.29) is 17.1 Å². The van der Waals surface area contributed by atoms with Crippen LogP contribution < -0.4 is 5.32 Å². The van der Waals surface area contributed by atoms with Crippen LogP contribution in [0.25, 0.3) is 0 Å². The van der Waals surface area contributed by atoms with Crippen molar-refractivity contribution in [2.45, 2.75) is 37.3 Å². The Balaban J connectivity index is 2.01. The topological polar surface area (TPSA) is 72.5 Å². The van der Waals surface area contributed by atoms with Crippen LogP contribution in [0.5, 0.6) is 0 Å². The molecule has 1 amide bonds. The molecule has 6 heteroatoms. The van der Waals surface area contributed by atoms with Crippen LogP contribution in [0.15, 0.2) is 53.4 Å². The number of benzene rings is 2. The van der Waals surface area contributed by atoms with Gasteiger partial charge in [0.1, 0.15) is 0 Å². The molecule has 0 aliphatic carbocycles. The Hall–Kier alpha value is -2.47. The van der Waals surface area contributed by atoms with E-state index in [9.17, 15) is 13.8 Å². The highest BCUT2D eigenvalue weighted by atomic mass is 32.2. The highest BCUT2D eigenvalue weighted by Crippen LogP contribution is 2.15. The molecule has 0 aliphatic rings. The Morgan fingerprint density at radius 1 is 1.00 bits per heavy atom. The number of amides is 1. The van der Waals surface area contributed by atoms with Gasteiger partial charge >= 0.3 is 5.97 Å². The van der Waals surface area contributed by atoms with Crippen LogP contribution in [0.3, 0.4) is 0 Å². The van der Waals surface area contributed by atoms with Crippen LogP contribution in [0.4, 0.5) is 5.69 Å². The summed E-state index contributed by atoms with van der Waals surface area (Å²) >= 11 is 0. The highest BCUT2D eigenvalue weighted by Gasteiger charge is 2.11. The minimum atomic E-state index is -1.08. The zero-order chi connectivity index (χ0) is 19.1. The normalized spacial score (nSPS) is 11.8. The van der Waals surface area contributed by atoms with Crippen LogP contribution in [0, 0.1) is 0 Å². The first kappa shape index (κ1) is 19.8. The largest absolute Gasteiger partial charge is 0.462 e. The molecule has 0 unspecified atom stereocenters. The number of carbonyl (C=O) groups excluding carboxylic acids is 2. The quantitative estimate of drug-likeness (QED) is 0.744. The van der Waals surface area contributed by atoms with E-state index < -0.39 is 10.8 Å². The summed E-state index contributed by atoms with van der Waals surface area (Å²) in [6, 6.07) is 13.3. The van der Waals surface area contributed by atoms with Gasteiger partial charge in [0.25, 0.3) is 5.91 Å². The molecule has 138 valence electrons. The minimum absolute atomic E-state index is 0.0252. The molecule has 26 heavy (non-hydrogen) atoms. The average molecular weight is 373 g/mol. The number of esters is 1. The van der Waals surface area contributed by atoms with Crippen LogP contribution in [-0.4, -0.2) is 27.9 Å². The second kappa shape index (κ2) is 9.29. The second-order valence-electron chi connectivity index (χ2n) is 6.04. The van der Waals surface area contributed by atoms with E-state index in [2.05, 4.69) is 5.32 Å². The van der Waals surface area contributed by atoms with E-state index in [1.54, 1.807) is 48.5 Å². The lowest BCUT2D eigenvalue weighted by molar-refractivity contribution is 0.0505. The standard InChI is InChI=1S/C20H23NO4S/c1-4-13-25-20(23)16-5-9-17(10-6-16)21-19(22)15-7-11-18(12-8-15)26(24)14(2)3/h5-12,14H,4,13H2,1-3H3,(H,21,22)/t26-/m0/s1. The first-order chi connectivity index (χ1) is 12.4. The van der Waals surface area contributed by atoms with Gasteiger partial charge in [-0.05, 0) is 55.0 Å². The maximum Gasteiger partial charge on any atom is 0.338 e.